The second-order valence-electron chi connectivity index (χ2n) is 3.65. The van der Waals surface area contributed by atoms with E-state index < -0.39 is 0 Å². The average molecular weight is 241 g/mol. The number of benzene rings is 2. The molecular weight excluding hydrogens is 222 g/mol. The van der Waals surface area contributed by atoms with Gasteiger partial charge in [-0.05, 0) is 31.8 Å². The Bertz CT molecular complexity index is 438. The number of rotatable bonds is 3. The molecule has 2 N–H and O–H groups in total. The van der Waals surface area contributed by atoms with Crippen molar-refractivity contribution in [2.24, 2.45) is 5.10 Å². The van der Waals surface area contributed by atoms with Crippen LogP contribution >= 0.6 is 0 Å². The van der Waals surface area contributed by atoms with Crippen molar-refractivity contribution in [3.05, 3.63) is 66.2 Å². The van der Waals surface area contributed by atoms with Crippen molar-refractivity contribution in [1.82, 2.24) is 5.32 Å². The lowest BCUT2D eigenvalue weighted by atomic mass is 10.2. The standard InChI is InChI=1S/C13H12N2.C2H7N/c1-3-7-12(8-4-1)11-14-15-13-9-5-2-6-10-13;1-3-2/h1-11,15H;3H,1-2H3. The van der Waals surface area contributed by atoms with E-state index in [1.54, 1.807) is 6.21 Å². The third-order valence-electron chi connectivity index (χ3n) is 1.98. The molecular formula is C15H19N3. The zero-order valence-corrected chi connectivity index (χ0v) is 10.8. The van der Waals surface area contributed by atoms with Crippen LogP contribution < -0.4 is 10.7 Å². The molecule has 0 saturated heterocycles. The Balaban J connectivity index is 0.000000492. The molecule has 0 radical (unpaired) electrons. The molecule has 18 heavy (non-hydrogen) atoms. The number of nitrogens with one attached hydrogen (secondary N) is 2. The maximum Gasteiger partial charge on any atom is 0.0561 e. The molecule has 0 aliphatic rings. The summed E-state index contributed by atoms with van der Waals surface area (Å²) in [5.74, 6) is 0. The molecule has 0 aliphatic carbocycles. The SMILES string of the molecule is C(=NNc1ccccc1)c1ccccc1.CNC. The Labute approximate surface area is 109 Å². The molecule has 0 atom stereocenters. The third-order valence-corrected chi connectivity index (χ3v) is 1.98. The normalized spacial score (nSPS) is 9.67. The molecule has 3 nitrogen and oxygen atoms in total. The summed E-state index contributed by atoms with van der Waals surface area (Å²) >= 11 is 0. The van der Waals surface area contributed by atoms with Gasteiger partial charge in [-0.25, -0.2) is 0 Å². The van der Waals surface area contributed by atoms with Crippen molar-refractivity contribution in [3.8, 4) is 0 Å². The van der Waals surface area contributed by atoms with Crippen LogP contribution in [0, 0.1) is 0 Å². The van der Waals surface area contributed by atoms with E-state index in [1.165, 1.54) is 0 Å². The zero-order chi connectivity index (χ0) is 13.1. The summed E-state index contributed by atoms with van der Waals surface area (Å²) in [4.78, 5) is 0. The summed E-state index contributed by atoms with van der Waals surface area (Å²) in [5.41, 5.74) is 5.04. The lowest BCUT2D eigenvalue weighted by molar-refractivity contribution is 1.02. The lowest BCUT2D eigenvalue weighted by Crippen LogP contribution is -1.89. The van der Waals surface area contributed by atoms with Crippen molar-refractivity contribution in [2.75, 3.05) is 19.5 Å². The monoisotopic (exact) mass is 241 g/mol. The average Bonchev–Trinajstić information content (AvgIpc) is 2.42. The van der Waals surface area contributed by atoms with Crippen LogP contribution in [-0.2, 0) is 0 Å². The first-order chi connectivity index (χ1) is 8.86. The van der Waals surface area contributed by atoms with Crippen molar-refractivity contribution in [1.29, 1.82) is 0 Å². The van der Waals surface area contributed by atoms with Crippen LogP contribution in [0.1, 0.15) is 5.56 Å². The van der Waals surface area contributed by atoms with Crippen molar-refractivity contribution in [3.63, 3.8) is 0 Å². The second-order valence-corrected chi connectivity index (χ2v) is 3.65. The highest BCUT2D eigenvalue weighted by Gasteiger charge is 1.85. The van der Waals surface area contributed by atoms with Gasteiger partial charge in [0.25, 0.3) is 0 Å². The van der Waals surface area contributed by atoms with Crippen LogP contribution in [0.2, 0.25) is 0 Å². The van der Waals surface area contributed by atoms with Gasteiger partial charge in [0.2, 0.25) is 0 Å². The van der Waals surface area contributed by atoms with Crippen molar-refractivity contribution >= 4 is 11.9 Å². The van der Waals surface area contributed by atoms with Gasteiger partial charge in [-0.1, -0.05) is 48.5 Å². The van der Waals surface area contributed by atoms with Gasteiger partial charge in [0.1, 0.15) is 0 Å². The summed E-state index contributed by atoms with van der Waals surface area (Å²) in [6.07, 6.45) is 1.80. The van der Waals surface area contributed by atoms with Crippen molar-refractivity contribution < 1.29 is 0 Å². The lowest BCUT2D eigenvalue weighted by Gasteiger charge is -1.97. The highest BCUT2D eigenvalue weighted by molar-refractivity contribution is 5.79. The molecule has 2 aromatic carbocycles. The van der Waals surface area contributed by atoms with E-state index in [4.69, 9.17) is 0 Å². The van der Waals surface area contributed by atoms with Crippen LogP contribution in [0.3, 0.4) is 0 Å². The number of anilines is 1. The Hall–Kier alpha value is -2.13. The maximum absolute atomic E-state index is 4.14. The zero-order valence-electron chi connectivity index (χ0n) is 10.8. The Morgan fingerprint density at radius 3 is 1.89 bits per heavy atom. The molecule has 0 aromatic heterocycles. The number of nitrogens with zero attached hydrogens (tertiary/aromatic N) is 1. The minimum absolute atomic E-state index is 0.990. The number of para-hydroxylation sites is 1. The van der Waals surface area contributed by atoms with Gasteiger partial charge in [0.05, 0.1) is 11.9 Å². The topological polar surface area (TPSA) is 36.4 Å². The van der Waals surface area contributed by atoms with Gasteiger partial charge in [-0.15, -0.1) is 0 Å². The fraction of sp³-hybridized carbons (Fsp3) is 0.133. The number of hydrogen-bond acceptors (Lipinski definition) is 3. The van der Waals surface area contributed by atoms with Gasteiger partial charge in [0.15, 0.2) is 0 Å². The first-order valence-corrected chi connectivity index (χ1v) is 5.84. The molecule has 2 aromatic rings. The molecule has 0 bridgehead atoms. The molecule has 0 aliphatic heterocycles. The van der Waals surface area contributed by atoms with E-state index in [9.17, 15) is 0 Å². The number of hydrazone groups is 1. The predicted octanol–water partition coefficient (Wildman–Crippen LogP) is 2.97. The maximum atomic E-state index is 4.14. The summed E-state index contributed by atoms with van der Waals surface area (Å²) in [7, 11) is 3.75. The highest BCUT2D eigenvalue weighted by Crippen LogP contribution is 2.04. The van der Waals surface area contributed by atoms with Crippen molar-refractivity contribution in [2.45, 2.75) is 0 Å². The Morgan fingerprint density at radius 1 is 0.833 bits per heavy atom. The quantitative estimate of drug-likeness (QED) is 0.640. The first-order valence-electron chi connectivity index (χ1n) is 5.84. The van der Waals surface area contributed by atoms with Crippen LogP contribution in [0.25, 0.3) is 0 Å². The summed E-state index contributed by atoms with van der Waals surface area (Å²) in [6, 6.07) is 19.9. The minimum atomic E-state index is 0.990. The second kappa shape index (κ2) is 8.96. The molecule has 0 heterocycles. The molecule has 0 spiro atoms. The Morgan fingerprint density at radius 2 is 1.33 bits per heavy atom. The summed E-state index contributed by atoms with van der Waals surface area (Å²) in [6.45, 7) is 0. The molecule has 0 unspecified atom stereocenters. The fourth-order valence-electron chi connectivity index (χ4n) is 1.23. The molecule has 0 saturated carbocycles. The van der Waals surface area contributed by atoms with Crippen LogP contribution in [0.4, 0.5) is 5.69 Å². The van der Waals surface area contributed by atoms with E-state index in [1.807, 2.05) is 74.8 Å². The largest absolute Gasteiger partial charge is 0.323 e. The molecule has 3 heteroatoms. The van der Waals surface area contributed by atoms with Gasteiger partial charge in [0, 0.05) is 0 Å². The summed E-state index contributed by atoms with van der Waals surface area (Å²) in [5, 5.41) is 6.89. The number of hydrogen-bond donors (Lipinski definition) is 2. The predicted molar refractivity (Wildman–Crippen MR) is 79.1 cm³/mol. The molecule has 94 valence electrons. The smallest absolute Gasteiger partial charge is 0.0561 e. The van der Waals surface area contributed by atoms with Crippen LogP contribution in [-0.4, -0.2) is 20.3 Å². The van der Waals surface area contributed by atoms with E-state index in [0.717, 1.165) is 11.3 Å². The van der Waals surface area contributed by atoms with Gasteiger partial charge >= 0.3 is 0 Å². The van der Waals surface area contributed by atoms with E-state index in [0.29, 0.717) is 0 Å². The molecule has 0 fully saturated rings. The third kappa shape index (κ3) is 5.82. The fourth-order valence-corrected chi connectivity index (χ4v) is 1.23. The van der Waals surface area contributed by atoms with Crippen LogP contribution in [0.5, 0.6) is 0 Å². The molecule has 2 rings (SSSR count). The highest BCUT2D eigenvalue weighted by atomic mass is 15.3. The summed E-state index contributed by atoms with van der Waals surface area (Å²) < 4.78 is 0. The van der Waals surface area contributed by atoms with Crippen LogP contribution in [0.15, 0.2) is 65.8 Å². The molecule has 0 amide bonds. The van der Waals surface area contributed by atoms with E-state index in [-0.39, 0.29) is 0 Å². The van der Waals surface area contributed by atoms with Gasteiger partial charge in [-0.2, -0.15) is 5.10 Å². The minimum Gasteiger partial charge on any atom is -0.323 e. The van der Waals surface area contributed by atoms with E-state index >= 15 is 0 Å². The van der Waals surface area contributed by atoms with E-state index in [2.05, 4.69) is 15.8 Å². The van der Waals surface area contributed by atoms with Gasteiger partial charge < -0.3 is 5.32 Å². The Kier molecular flexibility index (Phi) is 6.93. The van der Waals surface area contributed by atoms with Gasteiger partial charge in [-0.3, -0.25) is 5.43 Å². The first kappa shape index (κ1) is 13.9.